The molecule has 0 saturated heterocycles. The van der Waals surface area contributed by atoms with Gasteiger partial charge in [-0.05, 0) is 32.4 Å². The van der Waals surface area contributed by atoms with E-state index in [4.69, 9.17) is 5.73 Å². The predicted molar refractivity (Wildman–Crippen MR) is 63.3 cm³/mol. The van der Waals surface area contributed by atoms with Crippen molar-refractivity contribution in [3.63, 3.8) is 0 Å². The van der Waals surface area contributed by atoms with Crippen molar-refractivity contribution < 1.29 is 14.3 Å². The average molecular weight is 240 g/mol. The molecular formula is C12H17FN2O2. The van der Waals surface area contributed by atoms with Crippen molar-refractivity contribution in [2.24, 2.45) is 5.73 Å². The van der Waals surface area contributed by atoms with Crippen molar-refractivity contribution in [3.05, 3.63) is 29.6 Å². The van der Waals surface area contributed by atoms with E-state index >= 15 is 0 Å². The van der Waals surface area contributed by atoms with Crippen LogP contribution in [-0.4, -0.2) is 23.1 Å². The number of hydrogen-bond donors (Lipinski definition) is 3. The molecule has 0 fully saturated rings. The summed E-state index contributed by atoms with van der Waals surface area (Å²) in [6.45, 7) is 3.60. The minimum Gasteiger partial charge on any atom is -0.507 e. The zero-order chi connectivity index (χ0) is 13.0. The minimum atomic E-state index is -0.740. The summed E-state index contributed by atoms with van der Waals surface area (Å²) < 4.78 is 13.4. The Morgan fingerprint density at radius 1 is 1.53 bits per heavy atom. The molecule has 0 radical (unpaired) electrons. The van der Waals surface area contributed by atoms with Crippen molar-refractivity contribution in [2.75, 3.05) is 0 Å². The van der Waals surface area contributed by atoms with E-state index in [2.05, 4.69) is 5.32 Å². The van der Waals surface area contributed by atoms with E-state index in [-0.39, 0.29) is 23.4 Å². The summed E-state index contributed by atoms with van der Waals surface area (Å²) >= 11 is 0. The lowest BCUT2D eigenvalue weighted by molar-refractivity contribution is 0.0930. The van der Waals surface area contributed by atoms with Crippen LogP contribution >= 0.6 is 0 Å². The number of hydrogen-bond acceptors (Lipinski definition) is 3. The summed E-state index contributed by atoms with van der Waals surface area (Å²) in [6.07, 6.45) is 0.584. The van der Waals surface area contributed by atoms with Crippen LogP contribution in [0.2, 0.25) is 0 Å². The molecule has 0 aromatic heterocycles. The van der Waals surface area contributed by atoms with Gasteiger partial charge in [-0.3, -0.25) is 4.79 Å². The molecule has 0 saturated carbocycles. The van der Waals surface area contributed by atoms with Gasteiger partial charge in [-0.2, -0.15) is 0 Å². The van der Waals surface area contributed by atoms with Crippen LogP contribution in [0.1, 0.15) is 30.6 Å². The van der Waals surface area contributed by atoms with Gasteiger partial charge >= 0.3 is 0 Å². The van der Waals surface area contributed by atoms with Crippen LogP contribution < -0.4 is 11.1 Å². The molecule has 2 unspecified atom stereocenters. The Bertz CT molecular complexity index is 387. The largest absolute Gasteiger partial charge is 0.507 e. The Morgan fingerprint density at radius 3 is 2.71 bits per heavy atom. The van der Waals surface area contributed by atoms with Crippen molar-refractivity contribution in [1.82, 2.24) is 5.32 Å². The van der Waals surface area contributed by atoms with Gasteiger partial charge in [-0.25, -0.2) is 4.39 Å². The van der Waals surface area contributed by atoms with Crippen molar-refractivity contribution in [3.8, 4) is 5.75 Å². The summed E-state index contributed by atoms with van der Waals surface area (Å²) in [7, 11) is 0. The highest BCUT2D eigenvalue weighted by Gasteiger charge is 2.18. The van der Waals surface area contributed by atoms with E-state index in [1.807, 2.05) is 6.92 Å². The molecule has 5 heteroatoms. The topological polar surface area (TPSA) is 75.3 Å². The zero-order valence-corrected chi connectivity index (χ0v) is 9.90. The van der Waals surface area contributed by atoms with Gasteiger partial charge in [0.1, 0.15) is 17.1 Å². The summed E-state index contributed by atoms with van der Waals surface area (Å²) in [5, 5.41) is 12.0. The van der Waals surface area contributed by atoms with Gasteiger partial charge in [0.2, 0.25) is 0 Å². The molecule has 0 bridgehead atoms. The normalized spacial score (nSPS) is 14.1. The summed E-state index contributed by atoms with van der Waals surface area (Å²) in [6, 6.07) is 3.51. The van der Waals surface area contributed by atoms with E-state index in [1.165, 1.54) is 12.1 Å². The van der Waals surface area contributed by atoms with E-state index in [9.17, 15) is 14.3 Å². The quantitative estimate of drug-likeness (QED) is 0.744. The van der Waals surface area contributed by atoms with Gasteiger partial charge in [0.15, 0.2) is 0 Å². The number of rotatable bonds is 4. The molecule has 4 nitrogen and oxygen atoms in total. The Morgan fingerprint density at radius 2 is 2.18 bits per heavy atom. The lowest BCUT2D eigenvalue weighted by Gasteiger charge is -2.16. The number of aromatic hydroxyl groups is 1. The van der Waals surface area contributed by atoms with E-state index in [0.717, 1.165) is 6.07 Å². The van der Waals surface area contributed by atoms with Crippen LogP contribution in [0.5, 0.6) is 5.75 Å². The molecule has 4 N–H and O–H groups in total. The lowest BCUT2D eigenvalue weighted by atomic mass is 10.1. The van der Waals surface area contributed by atoms with Gasteiger partial charge < -0.3 is 16.2 Å². The van der Waals surface area contributed by atoms with E-state index in [0.29, 0.717) is 6.42 Å². The lowest BCUT2D eigenvalue weighted by Crippen LogP contribution is -2.36. The second-order valence-corrected chi connectivity index (χ2v) is 4.22. The Balaban J connectivity index is 2.77. The third-order valence-electron chi connectivity index (χ3n) is 2.32. The van der Waals surface area contributed by atoms with Crippen LogP contribution in [0.25, 0.3) is 0 Å². The predicted octanol–water partition coefficient (Wildman–Crippen LogP) is 1.39. The summed E-state index contributed by atoms with van der Waals surface area (Å²) in [5.41, 5.74) is 5.26. The number of carbonyl (C=O) groups is 1. The fourth-order valence-corrected chi connectivity index (χ4v) is 1.65. The molecule has 94 valence electrons. The van der Waals surface area contributed by atoms with E-state index < -0.39 is 11.7 Å². The average Bonchev–Trinajstić information content (AvgIpc) is 2.15. The van der Waals surface area contributed by atoms with Crippen LogP contribution in [0.4, 0.5) is 4.39 Å². The molecule has 1 aromatic carbocycles. The fraction of sp³-hybridized carbons (Fsp3) is 0.417. The SMILES string of the molecule is CC(N)CC(C)NC(=O)c1c(O)cccc1F. The Hall–Kier alpha value is -1.62. The van der Waals surface area contributed by atoms with Crippen LogP contribution in [0, 0.1) is 5.82 Å². The van der Waals surface area contributed by atoms with Crippen molar-refractivity contribution in [1.29, 1.82) is 0 Å². The first kappa shape index (κ1) is 13.4. The number of halogens is 1. The molecular weight excluding hydrogens is 223 g/mol. The maximum Gasteiger partial charge on any atom is 0.258 e. The monoisotopic (exact) mass is 240 g/mol. The molecule has 0 aliphatic heterocycles. The molecule has 1 aromatic rings. The first-order chi connectivity index (χ1) is 7.91. The van der Waals surface area contributed by atoms with Gasteiger partial charge in [0.05, 0.1) is 0 Å². The number of nitrogens with one attached hydrogen (secondary N) is 1. The second-order valence-electron chi connectivity index (χ2n) is 4.22. The molecule has 17 heavy (non-hydrogen) atoms. The Labute approximate surface area is 99.6 Å². The summed E-state index contributed by atoms with van der Waals surface area (Å²) in [4.78, 5) is 11.7. The van der Waals surface area contributed by atoms with Crippen molar-refractivity contribution in [2.45, 2.75) is 32.4 Å². The van der Waals surface area contributed by atoms with Crippen LogP contribution in [0.3, 0.4) is 0 Å². The van der Waals surface area contributed by atoms with Crippen LogP contribution in [-0.2, 0) is 0 Å². The highest BCUT2D eigenvalue weighted by molar-refractivity contribution is 5.97. The first-order valence-electron chi connectivity index (χ1n) is 5.45. The van der Waals surface area contributed by atoms with Gasteiger partial charge in [0.25, 0.3) is 5.91 Å². The third kappa shape index (κ3) is 3.71. The number of benzene rings is 1. The second kappa shape index (κ2) is 5.63. The molecule has 0 heterocycles. The number of nitrogens with two attached hydrogens (primary N) is 1. The number of phenolic OH excluding ortho intramolecular Hbond substituents is 1. The molecule has 0 spiro atoms. The first-order valence-corrected chi connectivity index (χ1v) is 5.45. The fourth-order valence-electron chi connectivity index (χ4n) is 1.65. The highest BCUT2D eigenvalue weighted by Crippen LogP contribution is 2.19. The maximum absolute atomic E-state index is 13.4. The zero-order valence-electron chi connectivity index (χ0n) is 9.90. The van der Waals surface area contributed by atoms with Gasteiger partial charge in [-0.15, -0.1) is 0 Å². The molecule has 2 atom stereocenters. The Kier molecular flexibility index (Phi) is 4.45. The van der Waals surface area contributed by atoms with Crippen molar-refractivity contribution >= 4 is 5.91 Å². The van der Waals surface area contributed by atoms with Gasteiger partial charge in [0, 0.05) is 12.1 Å². The molecule has 0 aliphatic rings. The van der Waals surface area contributed by atoms with E-state index in [1.54, 1.807) is 6.92 Å². The highest BCUT2D eigenvalue weighted by atomic mass is 19.1. The number of amides is 1. The van der Waals surface area contributed by atoms with Gasteiger partial charge in [-0.1, -0.05) is 6.07 Å². The number of phenols is 1. The maximum atomic E-state index is 13.4. The molecule has 0 aliphatic carbocycles. The third-order valence-corrected chi connectivity index (χ3v) is 2.32. The smallest absolute Gasteiger partial charge is 0.258 e. The standard InChI is InChI=1S/C12H17FN2O2/c1-7(14)6-8(2)15-12(17)11-9(13)4-3-5-10(11)16/h3-5,7-8,16H,6,14H2,1-2H3,(H,15,17). The number of carbonyl (C=O) groups excluding carboxylic acids is 1. The van der Waals surface area contributed by atoms with Crippen LogP contribution in [0.15, 0.2) is 18.2 Å². The minimum absolute atomic E-state index is 0.0560. The molecule has 1 amide bonds. The molecule has 1 rings (SSSR count). The summed E-state index contributed by atoms with van der Waals surface area (Å²) in [5.74, 6) is -1.74.